The van der Waals surface area contributed by atoms with E-state index in [1.54, 1.807) is 19.0 Å². The zero-order valence-electron chi connectivity index (χ0n) is 14.4. The molecule has 2 saturated heterocycles. The second-order valence-corrected chi connectivity index (χ2v) is 6.99. The van der Waals surface area contributed by atoms with Gasteiger partial charge < -0.3 is 14.5 Å². The molecule has 2 fully saturated rings. The molecule has 22 heavy (non-hydrogen) atoms. The number of carbonyl (C=O) groups excluding carboxylic acids is 2. The Morgan fingerprint density at radius 1 is 1.23 bits per heavy atom. The lowest BCUT2D eigenvalue weighted by molar-refractivity contribution is -0.138. The van der Waals surface area contributed by atoms with Crippen LogP contribution in [0.3, 0.4) is 0 Å². The second-order valence-electron chi connectivity index (χ2n) is 6.99. The fourth-order valence-corrected chi connectivity index (χ4v) is 3.97. The SMILES string of the molecule is CCC(CC)C(=O)N1CC(C(=O)N(C)C)C2(CCOCC2)C1. The fourth-order valence-electron chi connectivity index (χ4n) is 3.97. The Hall–Kier alpha value is -1.10. The molecule has 0 aromatic heterocycles. The van der Waals surface area contributed by atoms with Gasteiger partial charge in [0.15, 0.2) is 0 Å². The molecular formula is C17H30N2O3. The van der Waals surface area contributed by atoms with Gasteiger partial charge in [0, 0.05) is 51.7 Å². The lowest BCUT2D eigenvalue weighted by Crippen LogP contribution is -2.44. The molecule has 1 spiro atoms. The molecule has 0 saturated carbocycles. The van der Waals surface area contributed by atoms with E-state index in [9.17, 15) is 9.59 Å². The largest absolute Gasteiger partial charge is 0.381 e. The Balaban J connectivity index is 2.21. The number of nitrogens with zero attached hydrogens (tertiary/aromatic N) is 2. The minimum Gasteiger partial charge on any atom is -0.381 e. The van der Waals surface area contributed by atoms with E-state index in [1.807, 2.05) is 4.90 Å². The molecule has 0 aliphatic carbocycles. The Morgan fingerprint density at radius 3 is 2.32 bits per heavy atom. The molecule has 0 aromatic carbocycles. The molecule has 5 nitrogen and oxygen atoms in total. The van der Waals surface area contributed by atoms with Crippen LogP contribution < -0.4 is 0 Å². The summed E-state index contributed by atoms with van der Waals surface area (Å²) in [5.41, 5.74) is -0.0820. The van der Waals surface area contributed by atoms with Crippen molar-refractivity contribution in [1.82, 2.24) is 9.80 Å². The molecule has 2 amide bonds. The summed E-state index contributed by atoms with van der Waals surface area (Å²) in [6.45, 7) is 6.82. The first-order valence-corrected chi connectivity index (χ1v) is 8.53. The van der Waals surface area contributed by atoms with Crippen molar-refractivity contribution in [2.45, 2.75) is 39.5 Å². The fraction of sp³-hybridized carbons (Fsp3) is 0.882. The summed E-state index contributed by atoms with van der Waals surface area (Å²) in [5.74, 6) is 0.390. The third-order valence-electron chi connectivity index (χ3n) is 5.52. The predicted molar refractivity (Wildman–Crippen MR) is 85.3 cm³/mol. The van der Waals surface area contributed by atoms with Crippen molar-refractivity contribution >= 4 is 11.8 Å². The van der Waals surface area contributed by atoms with Crippen LogP contribution in [0.2, 0.25) is 0 Å². The maximum absolute atomic E-state index is 12.7. The molecule has 5 heteroatoms. The highest BCUT2D eigenvalue weighted by molar-refractivity contribution is 5.84. The summed E-state index contributed by atoms with van der Waals surface area (Å²) < 4.78 is 5.50. The van der Waals surface area contributed by atoms with Gasteiger partial charge in [-0.3, -0.25) is 9.59 Å². The van der Waals surface area contributed by atoms with Crippen molar-refractivity contribution in [3.05, 3.63) is 0 Å². The maximum Gasteiger partial charge on any atom is 0.227 e. The Morgan fingerprint density at radius 2 is 1.82 bits per heavy atom. The molecule has 1 unspecified atom stereocenters. The van der Waals surface area contributed by atoms with Gasteiger partial charge in [0.2, 0.25) is 11.8 Å². The monoisotopic (exact) mass is 310 g/mol. The number of amides is 2. The molecule has 2 rings (SSSR count). The van der Waals surface area contributed by atoms with E-state index in [0.717, 1.165) is 32.2 Å². The normalized spacial score (nSPS) is 24.0. The van der Waals surface area contributed by atoms with Crippen LogP contribution in [-0.4, -0.2) is 62.0 Å². The number of hydrogen-bond acceptors (Lipinski definition) is 3. The molecule has 0 aromatic rings. The van der Waals surface area contributed by atoms with Crippen LogP contribution in [0.4, 0.5) is 0 Å². The van der Waals surface area contributed by atoms with Crippen molar-refractivity contribution in [2.24, 2.45) is 17.3 Å². The first kappa shape index (κ1) is 17.3. The number of hydrogen-bond donors (Lipinski definition) is 0. The van der Waals surface area contributed by atoms with Crippen molar-refractivity contribution in [1.29, 1.82) is 0 Å². The van der Waals surface area contributed by atoms with Gasteiger partial charge in [-0.15, -0.1) is 0 Å². The first-order chi connectivity index (χ1) is 10.4. The minimum atomic E-state index is -0.0820. The van der Waals surface area contributed by atoms with E-state index in [4.69, 9.17) is 4.74 Å². The average Bonchev–Trinajstić information content (AvgIpc) is 2.87. The average molecular weight is 310 g/mol. The first-order valence-electron chi connectivity index (χ1n) is 8.53. The van der Waals surface area contributed by atoms with Crippen LogP contribution in [0, 0.1) is 17.3 Å². The van der Waals surface area contributed by atoms with E-state index in [-0.39, 0.29) is 29.1 Å². The van der Waals surface area contributed by atoms with Gasteiger partial charge in [-0.2, -0.15) is 0 Å². The van der Waals surface area contributed by atoms with E-state index < -0.39 is 0 Å². The topological polar surface area (TPSA) is 49.9 Å². The summed E-state index contributed by atoms with van der Waals surface area (Å²) in [5, 5.41) is 0. The summed E-state index contributed by atoms with van der Waals surface area (Å²) in [6.07, 6.45) is 3.50. The summed E-state index contributed by atoms with van der Waals surface area (Å²) >= 11 is 0. The van der Waals surface area contributed by atoms with Crippen molar-refractivity contribution in [2.75, 3.05) is 40.4 Å². The van der Waals surface area contributed by atoms with Crippen LogP contribution in [0.15, 0.2) is 0 Å². The molecular weight excluding hydrogens is 280 g/mol. The zero-order valence-corrected chi connectivity index (χ0v) is 14.4. The van der Waals surface area contributed by atoms with Crippen LogP contribution in [0.25, 0.3) is 0 Å². The molecule has 2 heterocycles. The van der Waals surface area contributed by atoms with Crippen molar-refractivity contribution < 1.29 is 14.3 Å². The Labute approximate surface area is 134 Å². The standard InChI is InChI=1S/C17H30N2O3/c1-5-13(6-2)15(20)19-11-14(16(21)18(3)4)17(12-19)7-9-22-10-8-17/h13-14H,5-12H2,1-4H3. The predicted octanol–water partition coefficient (Wildman–Crippen LogP) is 1.77. The van der Waals surface area contributed by atoms with Gasteiger partial charge in [0.1, 0.15) is 0 Å². The molecule has 1 atom stereocenters. The van der Waals surface area contributed by atoms with E-state index in [0.29, 0.717) is 19.8 Å². The van der Waals surface area contributed by atoms with Crippen molar-refractivity contribution in [3.8, 4) is 0 Å². The lowest BCUT2D eigenvalue weighted by Gasteiger charge is -2.38. The maximum atomic E-state index is 12.7. The third-order valence-corrected chi connectivity index (χ3v) is 5.52. The van der Waals surface area contributed by atoms with Gasteiger partial charge in [0.05, 0.1) is 5.92 Å². The highest BCUT2D eigenvalue weighted by Gasteiger charge is 2.52. The number of ether oxygens (including phenoxy) is 1. The van der Waals surface area contributed by atoms with Gasteiger partial charge in [-0.1, -0.05) is 13.8 Å². The molecule has 0 radical (unpaired) electrons. The molecule has 0 N–H and O–H groups in total. The lowest BCUT2D eigenvalue weighted by atomic mass is 9.71. The zero-order chi connectivity index (χ0) is 16.3. The van der Waals surface area contributed by atoms with E-state index in [2.05, 4.69) is 13.8 Å². The van der Waals surface area contributed by atoms with Crippen LogP contribution in [0.1, 0.15) is 39.5 Å². The Bertz CT molecular complexity index is 412. The third kappa shape index (κ3) is 3.14. The summed E-state index contributed by atoms with van der Waals surface area (Å²) in [6, 6.07) is 0. The highest BCUT2D eigenvalue weighted by Crippen LogP contribution is 2.45. The molecule has 126 valence electrons. The van der Waals surface area contributed by atoms with Gasteiger partial charge in [-0.05, 0) is 25.7 Å². The minimum absolute atomic E-state index is 0.0790. The highest BCUT2D eigenvalue weighted by atomic mass is 16.5. The van der Waals surface area contributed by atoms with E-state index in [1.165, 1.54) is 0 Å². The quantitative estimate of drug-likeness (QED) is 0.795. The van der Waals surface area contributed by atoms with Crippen LogP contribution >= 0.6 is 0 Å². The second kappa shape index (κ2) is 6.99. The van der Waals surface area contributed by atoms with Gasteiger partial charge in [0.25, 0.3) is 0 Å². The number of carbonyl (C=O) groups is 2. The Kier molecular flexibility index (Phi) is 5.48. The van der Waals surface area contributed by atoms with Gasteiger partial charge in [-0.25, -0.2) is 0 Å². The number of rotatable bonds is 4. The van der Waals surface area contributed by atoms with Crippen LogP contribution in [-0.2, 0) is 14.3 Å². The molecule has 2 aliphatic heterocycles. The summed E-state index contributed by atoms with van der Waals surface area (Å²) in [4.78, 5) is 29.0. The molecule has 0 bridgehead atoms. The summed E-state index contributed by atoms with van der Waals surface area (Å²) in [7, 11) is 3.61. The van der Waals surface area contributed by atoms with Crippen molar-refractivity contribution in [3.63, 3.8) is 0 Å². The van der Waals surface area contributed by atoms with Gasteiger partial charge >= 0.3 is 0 Å². The molecule has 2 aliphatic rings. The van der Waals surface area contributed by atoms with E-state index >= 15 is 0 Å². The number of likely N-dealkylation sites (tertiary alicyclic amines) is 1. The van der Waals surface area contributed by atoms with Crippen LogP contribution in [0.5, 0.6) is 0 Å². The smallest absolute Gasteiger partial charge is 0.227 e.